The molecular formula is C21H16F3N5O3S. The molecule has 3 heterocycles. The van der Waals surface area contributed by atoms with Crippen molar-refractivity contribution in [2.24, 2.45) is 0 Å². The molecule has 1 N–H and O–H groups in total. The van der Waals surface area contributed by atoms with Crippen LogP contribution in [-0.2, 0) is 10.0 Å². The van der Waals surface area contributed by atoms with E-state index in [-0.39, 0.29) is 11.3 Å². The number of hydrogen-bond donors (Lipinski definition) is 1. The zero-order valence-electron chi connectivity index (χ0n) is 17.3. The van der Waals surface area contributed by atoms with E-state index < -0.39 is 27.1 Å². The minimum absolute atomic E-state index is 0.243. The van der Waals surface area contributed by atoms with Crippen molar-refractivity contribution in [3.05, 3.63) is 54.3 Å². The van der Waals surface area contributed by atoms with E-state index in [2.05, 4.69) is 16.0 Å². The zero-order valence-corrected chi connectivity index (χ0v) is 18.1. The molecule has 0 bridgehead atoms. The number of hydrogen-bond acceptors (Lipinski definition) is 6. The summed E-state index contributed by atoms with van der Waals surface area (Å²) in [6, 6.07) is 5.63. The van der Waals surface area contributed by atoms with Crippen LogP contribution in [0.3, 0.4) is 0 Å². The van der Waals surface area contributed by atoms with Crippen molar-refractivity contribution in [1.29, 1.82) is 5.26 Å². The van der Waals surface area contributed by atoms with Gasteiger partial charge in [0.05, 0.1) is 24.1 Å². The van der Waals surface area contributed by atoms with Crippen molar-refractivity contribution in [2.75, 3.05) is 7.11 Å². The zero-order chi connectivity index (χ0) is 24.0. The van der Waals surface area contributed by atoms with E-state index in [0.717, 1.165) is 18.0 Å². The van der Waals surface area contributed by atoms with Gasteiger partial charge in [0, 0.05) is 23.3 Å². The van der Waals surface area contributed by atoms with Gasteiger partial charge < -0.3 is 4.74 Å². The van der Waals surface area contributed by atoms with Gasteiger partial charge in [0.25, 0.3) is 0 Å². The van der Waals surface area contributed by atoms with Crippen molar-refractivity contribution in [1.82, 2.24) is 19.3 Å². The molecule has 170 valence electrons. The molecule has 4 rings (SSSR count). The number of nitrogens with zero attached hydrogens (tertiary/aromatic N) is 4. The molecule has 0 radical (unpaired) electrons. The molecule has 0 aliphatic heterocycles. The van der Waals surface area contributed by atoms with Crippen LogP contribution in [0.5, 0.6) is 5.88 Å². The van der Waals surface area contributed by atoms with E-state index in [1.165, 1.54) is 13.2 Å². The maximum absolute atomic E-state index is 12.8. The van der Waals surface area contributed by atoms with Gasteiger partial charge in [-0.15, -0.1) is 0 Å². The van der Waals surface area contributed by atoms with Crippen molar-refractivity contribution in [2.45, 2.75) is 24.0 Å². The monoisotopic (exact) mass is 475 g/mol. The van der Waals surface area contributed by atoms with Gasteiger partial charge in [-0.25, -0.2) is 8.42 Å². The van der Waals surface area contributed by atoms with Gasteiger partial charge in [-0.3, -0.25) is 9.55 Å². The summed E-state index contributed by atoms with van der Waals surface area (Å²) >= 11 is 0. The number of rotatable bonds is 6. The molecule has 12 heteroatoms. The SMILES string of the molecule is COc1ccc2c(C#N)c(-c3ccc(S(=O)(=O)N[C@@H](C)C(F)(F)F)cn3)n(C3=CC=C3)c2n1. The first-order chi connectivity index (χ1) is 15.6. The number of alkyl halides is 3. The Morgan fingerprint density at radius 2 is 1.97 bits per heavy atom. The van der Waals surface area contributed by atoms with Crippen molar-refractivity contribution in [3.8, 4) is 23.3 Å². The lowest BCUT2D eigenvalue weighted by Crippen LogP contribution is -2.42. The fourth-order valence-electron chi connectivity index (χ4n) is 3.24. The molecule has 0 amide bonds. The third-order valence-electron chi connectivity index (χ3n) is 5.02. The molecule has 3 aromatic rings. The summed E-state index contributed by atoms with van der Waals surface area (Å²) in [4.78, 5) is 8.15. The molecule has 1 aliphatic carbocycles. The van der Waals surface area contributed by atoms with Gasteiger partial charge in [-0.05, 0) is 37.3 Å². The number of sulfonamides is 1. The third-order valence-corrected chi connectivity index (χ3v) is 6.54. The van der Waals surface area contributed by atoms with Crippen LogP contribution in [0.2, 0.25) is 0 Å². The Kier molecular flexibility index (Phi) is 5.47. The average Bonchev–Trinajstić information content (AvgIpc) is 3.04. The summed E-state index contributed by atoms with van der Waals surface area (Å²) in [7, 11) is -3.00. The second-order valence-electron chi connectivity index (χ2n) is 7.11. The highest BCUT2D eigenvalue weighted by molar-refractivity contribution is 7.89. The maximum atomic E-state index is 12.8. The van der Waals surface area contributed by atoms with E-state index in [9.17, 15) is 26.9 Å². The first-order valence-electron chi connectivity index (χ1n) is 9.50. The predicted molar refractivity (Wildman–Crippen MR) is 113 cm³/mol. The summed E-state index contributed by atoms with van der Waals surface area (Å²) in [5.74, 6) is 0.334. The van der Waals surface area contributed by atoms with Gasteiger partial charge in [0.15, 0.2) is 5.65 Å². The van der Waals surface area contributed by atoms with Crippen LogP contribution in [0.15, 0.2) is 53.6 Å². The van der Waals surface area contributed by atoms with E-state index in [4.69, 9.17) is 4.74 Å². The van der Waals surface area contributed by atoms with Crippen LogP contribution < -0.4 is 9.46 Å². The number of nitrogens with one attached hydrogen (secondary N) is 1. The Balaban J connectivity index is 1.82. The second-order valence-corrected chi connectivity index (χ2v) is 8.82. The first kappa shape index (κ1) is 22.5. The van der Waals surface area contributed by atoms with E-state index in [0.29, 0.717) is 29.5 Å². The highest BCUT2D eigenvalue weighted by Gasteiger charge is 2.39. The maximum Gasteiger partial charge on any atom is 0.404 e. The van der Waals surface area contributed by atoms with Crippen LogP contribution in [0.1, 0.15) is 12.5 Å². The molecule has 0 spiro atoms. The number of methoxy groups -OCH3 is 1. The highest BCUT2D eigenvalue weighted by atomic mass is 32.2. The molecule has 1 atom stereocenters. The van der Waals surface area contributed by atoms with Gasteiger partial charge in [0.1, 0.15) is 17.0 Å². The molecule has 1 aliphatic rings. The summed E-state index contributed by atoms with van der Waals surface area (Å²) in [6.45, 7) is 0.706. The molecule has 33 heavy (non-hydrogen) atoms. The first-order valence-corrected chi connectivity index (χ1v) is 11.0. The number of aromatic nitrogens is 3. The topological polar surface area (TPSA) is 110 Å². The van der Waals surface area contributed by atoms with Crippen molar-refractivity contribution >= 4 is 26.8 Å². The Labute approximate surface area is 186 Å². The standard InChI is InChI=1S/C21H16F3N5O3S/c1-12(21(22,23)24)28-33(30,31)14-6-8-17(26-11-14)19-16(10-25)15-7-9-18(32-2)27-20(15)29(19)13-4-3-5-13/h3-9,11-12,28H,1-2H3/t12-/m0/s1. The van der Waals surface area contributed by atoms with E-state index in [1.807, 2.05) is 0 Å². The molecule has 0 unspecified atom stereocenters. The van der Waals surface area contributed by atoms with Gasteiger partial charge in [-0.1, -0.05) is 6.08 Å². The lowest BCUT2D eigenvalue weighted by atomic mass is 10.1. The minimum Gasteiger partial charge on any atom is -0.481 e. The van der Waals surface area contributed by atoms with Crippen LogP contribution in [0.4, 0.5) is 13.2 Å². The number of pyridine rings is 2. The number of allylic oxidation sites excluding steroid dienone is 4. The average molecular weight is 475 g/mol. The van der Waals surface area contributed by atoms with Gasteiger partial charge in [0.2, 0.25) is 15.9 Å². The van der Waals surface area contributed by atoms with E-state index >= 15 is 0 Å². The Morgan fingerprint density at radius 1 is 1.24 bits per heavy atom. The minimum atomic E-state index is -4.73. The molecule has 0 aromatic carbocycles. The Hall–Kier alpha value is -3.69. The summed E-state index contributed by atoms with van der Waals surface area (Å²) < 4.78 is 71.5. The number of halogens is 3. The summed E-state index contributed by atoms with van der Waals surface area (Å²) in [5, 5.41) is 10.4. The molecule has 3 aromatic heterocycles. The van der Waals surface area contributed by atoms with E-state index in [1.54, 1.807) is 39.6 Å². The smallest absolute Gasteiger partial charge is 0.404 e. The third kappa shape index (κ3) is 3.96. The predicted octanol–water partition coefficient (Wildman–Crippen LogP) is 3.62. The quantitative estimate of drug-likeness (QED) is 0.583. The fourth-order valence-corrected chi connectivity index (χ4v) is 4.41. The fraction of sp³-hybridized carbons (Fsp3) is 0.190. The molecule has 0 saturated carbocycles. The lowest BCUT2D eigenvalue weighted by Gasteiger charge is -2.17. The largest absolute Gasteiger partial charge is 0.481 e. The normalized spacial score (nSPS) is 14.5. The molecule has 8 nitrogen and oxygen atoms in total. The van der Waals surface area contributed by atoms with Crippen molar-refractivity contribution in [3.63, 3.8) is 0 Å². The Bertz CT molecular complexity index is 1450. The lowest BCUT2D eigenvalue weighted by molar-refractivity contribution is -0.147. The molecular weight excluding hydrogens is 459 g/mol. The van der Waals surface area contributed by atoms with Gasteiger partial charge in [-0.2, -0.15) is 28.1 Å². The highest BCUT2D eigenvalue weighted by Crippen LogP contribution is 2.37. The Morgan fingerprint density at radius 3 is 2.48 bits per heavy atom. The summed E-state index contributed by atoms with van der Waals surface area (Å²) in [6.07, 6.45) is 1.61. The van der Waals surface area contributed by atoms with Crippen LogP contribution >= 0.6 is 0 Å². The van der Waals surface area contributed by atoms with Crippen molar-refractivity contribution < 1.29 is 26.3 Å². The number of ether oxygens (including phenoxy) is 1. The molecule has 0 fully saturated rings. The van der Waals surface area contributed by atoms with Crippen LogP contribution in [0, 0.1) is 11.3 Å². The number of nitriles is 1. The van der Waals surface area contributed by atoms with Crippen LogP contribution in [0.25, 0.3) is 28.1 Å². The summed E-state index contributed by atoms with van der Waals surface area (Å²) in [5.41, 5.74) is 2.03. The van der Waals surface area contributed by atoms with Crippen LogP contribution in [-0.4, -0.2) is 42.3 Å². The second kappa shape index (κ2) is 8.02. The molecule has 0 saturated heterocycles. The van der Waals surface area contributed by atoms with Gasteiger partial charge >= 0.3 is 6.18 Å². The number of fused-ring (bicyclic) bond motifs is 1.